The Balaban J connectivity index is 2.25. The molecule has 0 unspecified atom stereocenters. The monoisotopic (exact) mass is 282 g/mol. The summed E-state index contributed by atoms with van der Waals surface area (Å²) in [5.41, 5.74) is 1.24. The van der Waals surface area contributed by atoms with Gasteiger partial charge in [0, 0.05) is 18.0 Å². The lowest BCUT2D eigenvalue weighted by Crippen LogP contribution is -2.49. The molecule has 108 valence electrons. The van der Waals surface area contributed by atoms with E-state index in [1.54, 1.807) is 0 Å². The number of hydrogen-bond donors (Lipinski definition) is 1. The van der Waals surface area contributed by atoms with Gasteiger partial charge >= 0.3 is 0 Å². The van der Waals surface area contributed by atoms with Crippen molar-refractivity contribution in [3.8, 4) is 0 Å². The molecule has 0 aromatic carbocycles. The summed E-state index contributed by atoms with van der Waals surface area (Å²) in [6.07, 6.45) is 4.90. The molecule has 0 saturated heterocycles. The van der Waals surface area contributed by atoms with Gasteiger partial charge in [0.25, 0.3) is 0 Å². The summed E-state index contributed by atoms with van der Waals surface area (Å²) >= 11 is 1.86. The molecule has 0 aliphatic heterocycles. The summed E-state index contributed by atoms with van der Waals surface area (Å²) in [6.45, 7) is 8.72. The topological polar surface area (TPSA) is 34.1 Å². The first kappa shape index (κ1) is 14.9. The zero-order valence-corrected chi connectivity index (χ0v) is 13.6. The third-order valence-electron chi connectivity index (χ3n) is 4.12. The Morgan fingerprint density at radius 2 is 1.95 bits per heavy atom. The first-order valence-electron chi connectivity index (χ1n) is 7.22. The van der Waals surface area contributed by atoms with E-state index in [9.17, 15) is 0 Å². The molecule has 1 aliphatic carbocycles. The fourth-order valence-corrected chi connectivity index (χ4v) is 4.09. The van der Waals surface area contributed by atoms with Gasteiger partial charge in [0.1, 0.15) is 5.01 Å². The molecule has 0 spiro atoms. The minimum atomic E-state index is 0.0624. The van der Waals surface area contributed by atoms with Gasteiger partial charge in [-0.25, -0.2) is 4.98 Å². The van der Waals surface area contributed by atoms with Crippen molar-refractivity contribution in [2.45, 2.75) is 71.1 Å². The van der Waals surface area contributed by atoms with Crippen molar-refractivity contribution < 1.29 is 4.74 Å². The average molecular weight is 282 g/mol. The van der Waals surface area contributed by atoms with Crippen LogP contribution in [0.3, 0.4) is 0 Å². The molecule has 3 nitrogen and oxygen atoms in total. The van der Waals surface area contributed by atoms with E-state index in [1.807, 2.05) is 18.4 Å². The van der Waals surface area contributed by atoms with Crippen LogP contribution in [0.1, 0.15) is 55.1 Å². The Morgan fingerprint density at radius 1 is 1.32 bits per heavy atom. The molecule has 0 radical (unpaired) electrons. The molecule has 1 aromatic heterocycles. The fourth-order valence-electron chi connectivity index (χ4n) is 2.97. The number of nitrogens with one attached hydrogen (secondary N) is 1. The average Bonchev–Trinajstić information content (AvgIpc) is 2.70. The molecule has 0 atom stereocenters. The second-order valence-corrected chi connectivity index (χ2v) is 7.18. The third kappa shape index (κ3) is 3.18. The van der Waals surface area contributed by atoms with E-state index < -0.39 is 0 Å². The number of aryl methyl sites for hydroxylation is 2. The molecule has 0 bridgehead atoms. The summed E-state index contributed by atoms with van der Waals surface area (Å²) in [5.74, 6) is 0. The van der Waals surface area contributed by atoms with Crippen molar-refractivity contribution in [2.24, 2.45) is 0 Å². The number of thiazole rings is 1. The summed E-state index contributed by atoms with van der Waals surface area (Å²) < 4.78 is 5.51. The van der Waals surface area contributed by atoms with E-state index in [2.05, 4.69) is 33.0 Å². The van der Waals surface area contributed by atoms with Gasteiger partial charge in [0.05, 0.1) is 17.3 Å². The van der Waals surface area contributed by atoms with E-state index in [4.69, 9.17) is 9.72 Å². The quantitative estimate of drug-likeness (QED) is 0.917. The van der Waals surface area contributed by atoms with E-state index in [0.29, 0.717) is 12.1 Å². The van der Waals surface area contributed by atoms with Gasteiger partial charge in [0.15, 0.2) is 0 Å². The van der Waals surface area contributed by atoms with Crippen molar-refractivity contribution in [1.82, 2.24) is 10.3 Å². The SMILES string of the molecule is COC1CCC(NC(C)C)(c2nc(C)c(C)s2)CC1. The Bertz CT molecular complexity index is 400. The van der Waals surface area contributed by atoms with E-state index in [-0.39, 0.29) is 5.54 Å². The number of nitrogens with zero attached hydrogens (tertiary/aromatic N) is 1. The first-order chi connectivity index (χ1) is 8.97. The van der Waals surface area contributed by atoms with Crippen LogP contribution in [0.4, 0.5) is 0 Å². The zero-order valence-electron chi connectivity index (χ0n) is 12.7. The third-order valence-corrected chi connectivity index (χ3v) is 5.40. The largest absolute Gasteiger partial charge is 0.381 e. The lowest BCUT2D eigenvalue weighted by molar-refractivity contribution is 0.0381. The molecule has 1 saturated carbocycles. The van der Waals surface area contributed by atoms with E-state index in [1.165, 1.54) is 15.6 Å². The minimum Gasteiger partial charge on any atom is -0.381 e. The summed E-state index contributed by atoms with van der Waals surface area (Å²) in [4.78, 5) is 6.17. The zero-order chi connectivity index (χ0) is 14.0. The number of ether oxygens (including phenoxy) is 1. The molecule has 0 amide bonds. The smallest absolute Gasteiger partial charge is 0.113 e. The maximum atomic E-state index is 5.51. The Labute approximate surface area is 120 Å². The molecule has 19 heavy (non-hydrogen) atoms. The molecule has 1 aromatic rings. The second-order valence-electron chi connectivity index (χ2n) is 5.98. The molecular formula is C15H26N2OS. The lowest BCUT2D eigenvalue weighted by atomic mass is 9.80. The Morgan fingerprint density at radius 3 is 2.37 bits per heavy atom. The molecule has 1 aliphatic rings. The second kappa shape index (κ2) is 5.90. The Hall–Kier alpha value is -0.450. The predicted molar refractivity (Wildman–Crippen MR) is 80.8 cm³/mol. The molecule has 1 heterocycles. The lowest BCUT2D eigenvalue weighted by Gasteiger charge is -2.40. The van der Waals surface area contributed by atoms with Gasteiger partial charge in [0.2, 0.25) is 0 Å². The summed E-state index contributed by atoms with van der Waals surface area (Å²) in [5, 5.41) is 5.06. The van der Waals surface area contributed by atoms with Crippen molar-refractivity contribution in [3.05, 3.63) is 15.6 Å². The maximum absolute atomic E-state index is 5.51. The Kier molecular flexibility index (Phi) is 4.64. The summed E-state index contributed by atoms with van der Waals surface area (Å²) in [6, 6.07) is 0.476. The van der Waals surface area contributed by atoms with Crippen molar-refractivity contribution in [3.63, 3.8) is 0 Å². The van der Waals surface area contributed by atoms with E-state index >= 15 is 0 Å². The number of rotatable bonds is 4. The predicted octanol–water partition coefficient (Wildman–Crippen LogP) is 3.54. The van der Waals surface area contributed by atoms with Crippen molar-refractivity contribution >= 4 is 11.3 Å². The van der Waals surface area contributed by atoms with Gasteiger partial charge in [-0.1, -0.05) is 0 Å². The molecular weight excluding hydrogens is 256 g/mol. The van der Waals surface area contributed by atoms with Crippen LogP contribution in [0.2, 0.25) is 0 Å². The van der Waals surface area contributed by atoms with Crippen LogP contribution in [0.25, 0.3) is 0 Å². The molecule has 1 fully saturated rings. The van der Waals surface area contributed by atoms with Crippen LogP contribution < -0.4 is 5.32 Å². The van der Waals surface area contributed by atoms with E-state index in [0.717, 1.165) is 25.7 Å². The fraction of sp³-hybridized carbons (Fsp3) is 0.800. The van der Waals surface area contributed by atoms with Crippen molar-refractivity contribution in [1.29, 1.82) is 0 Å². The van der Waals surface area contributed by atoms with Crippen LogP contribution in [-0.2, 0) is 10.3 Å². The first-order valence-corrected chi connectivity index (χ1v) is 8.03. The highest BCUT2D eigenvalue weighted by molar-refractivity contribution is 7.11. The van der Waals surface area contributed by atoms with Crippen LogP contribution in [0, 0.1) is 13.8 Å². The normalized spacial score (nSPS) is 28.0. The number of hydrogen-bond acceptors (Lipinski definition) is 4. The van der Waals surface area contributed by atoms with Gasteiger partial charge in [-0.2, -0.15) is 0 Å². The van der Waals surface area contributed by atoms with Crippen LogP contribution in [-0.4, -0.2) is 24.2 Å². The number of methoxy groups -OCH3 is 1. The highest BCUT2D eigenvalue weighted by atomic mass is 32.1. The van der Waals surface area contributed by atoms with Gasteiger partial charge in [-0.15, -0.1) is 11.3 Å². The van der Waals surface area contributed by atoms with Crippen molar-refractivity contribution in [2.75, 3.05) is 7.11 Å². The molecule has 4 heteroatoms. The van der Waals surface area contributed by atoms with Gasteiger partial charge in [-0.05, 0) is 53.4 Å². The maximum Gasteiger partial charge on any atom is 0.113 e. The number of aromatic nitrogens is 1. The molecule has 1 N–H and O–H groups in total. The van der Waals surface area contributed by atoms with Gasteiger partial charge < -0.3 is 10.1 Å². The summed E-state index contributed by atoms with van der Waals surface area (Å²) in [7, 11) is 1.82. The highest BCUT2D eigenvalue weighted by Gasteiger charge is 2.39. The molecule has 2 rings (SSSR count). The van der Waals surface area contributed by atoms with Crippen LogP contribution in [0.15, 0.2) is 0 Å². The standard InChI is InChI=1S/C15H26N2OS/c1-10(2)17-15(8-6-13(18-5)7-9-15)14-16-11(3)12(4)19-14/h10,13,17H,6-9H2,1-5H3. The highest BCUT2D eigenvalue weighted by Crippen LogP contribution is 2.40. The van der Waals surface area contributed by atoms with Crippen LogP contribution in [0.5, 0.6) is 0 Å². The minimum absolute atomic E-state index is 0.0624. The van der Waals surface area contributed by atoms with Gasteiger partial charge in [-0.3, -0.25) is 0 Å². The van der Waals surface area contributed by atoms with Crippen LogP contribution >= 0.6 is 11.3 Å².